The normalized spacial score (nSPS) is 10.7. The molecule has 3 rings (SSSR count). The van der Waals surface area contributed by atoms with Gasteiger partial charge in [-0.05, 0) is 23.8 Å². The first-order chi connectivity index (χ1) is 13.0. The number of likely N-dealkylation sites (N-methyl/N-ethyl adjacent to an activating group) is 1. The van der Waals surface area contributed by atoms with E-state index in [1.165, 1.54) is 0 Å². The Balaban J connectivity index is 1.83. The van der Waals surface area contributed by atoms with Crippen molar-refractivity contribution in [1.82, 2.24) is 9.88 Å². The maximum absolute atomic E-state index is 11.8. The average Bonchev–Trinajstić information content (AvgIpc) is 3.12. The minimum Gasteiger partial charge on any atom is -0.423 e. The van der Waals surface area contributed by atoms with Gasteiger partial charge in [-0.15, -0.1) is 0 Å². The highest BCUT2D eigenvalue weighted by Gasteiger charge is 2.14. The molecule has 1 amide bonds. The first-order valence-corrected chi connectivity index (χ1v) is 8.93. The van der Waals surface area contributed by atoms with Gasteiger partial charge in [0.15, 0.2) is 5.76 Å². The first kappa shape index (κ1) is 19.2. The van der Waals surface area contributed by atoms with Crippen molar-refractivity contribution >= 4 is 40.8 Å². The van der Waals surface area contributed by atoms with Gasteiger partial charge in [-0.1, -0.05) is 47.5 Å². The molecule has 0 aliphatic heterocycles. The summed E-state index contributed by atoms with van der Waals surface area (Å²) in [5, 5.41) is 4.04. The van der Waals surface area contributed by atoms with Crippen molar-refractivity contribution in [2.75, 3.05) is 18.9 Å². The molecule has 0 saturated carbocycles. The molecule has 0 radical (unpaired) electrons. The Kier molecular flexibility index (Phi) is 6.01. The van der Waals surface area contributed by atoms with E-state index in [2.05, 4.69) is 10.3 Å². The number of hydrogen-bond acceptors (Lipinski definition) is 5. The van der Waals surface area contributed by atoms with Gasteiger partial charge in [0.05, 0.1) is 23.5 Å². The predicted octanol–water partition coefficient (Wildman–Crippen LogP) is 4.31. The molecule has 0 unspecified atom stereocenters. The van der Waals surface area contributed by atoms with Crippen molar-refractivity contribution in [3.8, 4) is 11.3 Å². The number of nitrogens with zero attached hydrogens (tertiary/aromatic N) is 2. The predicted molar refractivity (Wildman–Crippen MR) is 107 cm³/mol. The molecular formula is C19H18Cl2N4O2. The van der Waals surface area contributed by atoms with Crippen LogP contribution in [-0.2, 0) is 11.3 Å². The number of halogens is 2. The summed E-state index contributed by atoms with van der Waals surface area (Å²) in [6, 6.07) is 13.1. The number of nitrogens with one attached hydrogen (secondary N) is 1. The van der Waals surface area contributed by atoms with Crippen molar-refractivity contribution in [3.63, 3.8) is 0 Å². The topological polar surface area (TPSA) is 84.4 Å². The van der Waals surface area contributed by atoms with Crippen LogP contribution in [0.5, 0.6) is 0 Å². The van der Waals surface area contributed by atoms with Crippen LogP contribution < -0.4 is 11.1 Å². The second-order valence-corrected chi connectivity index (χ2v) is 6.73. The lowest BCUT2D eigenvalue weighted by molar-refractivity contribution is -0.128. The Morgan fingerprint density at radius 1 is 1.26 bits per heavy atom. The fourth-order valence-electron chi connectivity index (χ4n) is 2.56. The maximum atomic E-state index is 11.8. The summed E-state index contributed by atoms with van der Waals surface area (Å²) < 4.78 is 5.83. The molecule has 140 valence electrons. The van der Waals surface area contributed by atoms with Gasteiger partial charge in [0.1, 0.15) is 0 Å². The molecule has 0 saturated heterocycles. The molecular weight excluding hydrogens is 387 g/mol. The lowest BCUT2D eigenvalue weighted by atomic mass is 10.1. The minimum atomic E-state index is -0.137. The van der Waals surface area contributed by atoms with E-state index in [4.69, 9.17) is 33.4 Å². The fourth-order valence-corrected chi connectivity index (χ4v) is 3.02. The van der Waals surface area contributed by atoms with Crippen LogP contribution in [0, 0.1) is 0 Å². The number of anilines is 2. The molecule has 0 atom stereocenters. The Morgan fingerprint density at radius 3 is 2.78 bits per heavy atom. The number of carbonyl (C=O) groups is 1. The molecule has 3 aromatic rings. The SMILES string of the molecule is CN(Cc1ccccc1-c1cnc(Nc2ccc(Cl)cc2Cl)o1)C(=O)CN. The summed E-state index contributed by atoms with van der Waals surface area (Å²) >= 11 is 12.1. The zero-order valence-corrected chi connectivity index (χ0v) is 16.1. The summed E-state index contributed by atoms with van der Waals surface area (Å²) in [7, 11) is 1.71. The summed E-state index contributed by atoms with van der Waals surface area (Å²) in [4.78, 5) is 17.6. The number of carbonyl (C=O) groups excluding carboxylic acids is 1. The van der Waals surface area contributed by atoms with E-state index >= 15 is 0 Å². The third-order valence-electron chi connectivity index (χ3n) is 3.97. The average molecular weight is 405 g/mol. The van der Waals surface area contributed by atoms with Crippen LogP contribution in [0.25, 0.3) is 11.3 Å². The van der Waals surface area contributed by atoms with Gasteiger partial charge in [0.2, 0.25) is 5.91 Å². The highest BCUT2D eigenvalue weighted by Crippen LogP contribution is 2.31. The second-order valence-electron chi connectivity index (χ2n) is 5.89. The van der Waals surface area contributed by atoms with Crippen molar-refractivity contribution in [3.05, 3.63) is 64.3 Å². The monoisotopic (exact) mass is 404 g/mol. The Labute approximate surface area is 166 Å². The number of rotatable bonds is 6. The van der Waals surface area contributed by atoms with Crippen LogP contribution >= 0.6 is 23.2 Å². The van der Waals surface area contributed by atoms with E-state index in [0.29, 0.717) is 34.1 Å². The van der Waals surface area contributed by atoms with Gasteiger partial charge in [-0.3, -0.25) is 4.79 Å². The largest absolute Gasteiger partial charge is 0.423 e. The third kappa shape index (κ3) is 4.60. The van der Waals surface area contributed by atoms with E-state index in [1.54, 1.807) is 36.3 Å². The molecule has 27 heavy (non-hydrogen) atoms. The molecule has 3 N–H and O–H groups in total. The van der Waals surface area contributed by atoms with E-state index in [0.717, 1.165) is 11.1 Å². The van der Waals surface area contributed by atoms with E-state index < -0.39 is 0 Å². The quantitative estimate of drug-likeness (QED) is 0.639. The molecule has 1 aromatic heterocycles. The summed E-state index contributed by atoms with van der Waals surface area (Å²) in [6.07, 6.45) is 1.62. The summed E-state index contributed by atoms with van der Waals surface area (Å²) in [6.45, 7) is 0.384. The fraction of sp³-hybridized carbons (Fsp3) is 0.158. The van der Waals surface area contributed by atoms with Crippen molar-refractivity contribution in [2.45, 2.75) is 6.54 Å². The maximum Gasteiger partial charge on any atom is 0.299 e. The first-order valence-electron chi connectivity index (χ1n) is 8.18. The standard InChI is InChI=1S/C19H18Cl2N4O2/c1-25(18(26)9-22)11-12-4-2-3-5-14(12)17-10-23-19(27-17)24-16-7-6-13(20)8-15(16)21/h2-8,10H,9,11,22H2,1H3,(H,23,24). The molecule has 0 aliphatic carbocycles. The number of nitrogens with two attached hydrogens (primary N) is 1. The third-order valence-corrected chi connectivity index (χ3v) is 4.52. The van der Waals surface area contributed by atoms with Gasteiger partial charge >= 0.3 is 0 Å². The highest BCUT2D eigenvalue weighted by molar-refractivity contribution is 6.36. The molecule has 0 aliphatic rings. The van der Waals surface area contributed by atoms with Crippen molar-refractivity contribution in [1.29, 1.82) is 0 Å². The Bertz CT molecular complexity index is 958. The van der Waals surface area contributed by atoms with Crippen molar-refractivity contribution < 1.29 is 9.21 Å². The molecule has 1 heterocycles. The van der Waals surface area contributed by atoms with Crippen LogP contribution in [0.2, 0.25) is 10.0 Å². The molecule has 0 spiro atoms. The number of hydrogen-bond donors (Lipinski definition) is 2. The lowest BCUT2D eigenvalue weighted by Gasteiger charge is -2.17. The minimum absolute atomic E-state index is 0.0309. The summed E-state index contributed by atoms with van der Waals surface area (Å²) in [5.41, 5.74) is 7.83. The Morgan fingerprint density at radius 2 is 2.04 bits per heavy atom. The number of oxazole rings is 1. The molecule has 2 aromatic carbocycles. The van der Waals surface area contributed by atoms with Crippen LogP contribution in [0.4, 0.5) is 11.7 Å². The van der Waals surface area contributed by atoms with E-state index in [1.807, 2.05) is 24.3 Å². The molecule has 8 heteroatoms. The lowest BCUT2D eigenvalue weighted by Crippen LogP contribution is -2.32. The van der Waals surface area contributed by atoms with Crippen LogP contribution in [0.3, 0.4) is 0 Å². The second kappa shape index (κ2) is 8.43. The number of amides is 1. The van der Waals surface area contributed by atoms with Crippen LogP contribution in [0.15, 0.2) is 53.1 Å². The van der Waals surface area contributed by atoms with Gasteiger partial charge < -0.3 is 20.4 Å². The van der Waals surface area contributed by atoms with E-state index in [9.17, 15) is 4.79 Å². The highest BCUT2D eigenvalue weighted by atomic mass is 35.5. The number of aromatic nitrogens is 1. The zero-order valence-electron chi connectivity index (χ0n) is 14.6. The van der Waals surface area contributed by atoms with Crippen LogP contribution in [0.1, 0.15) is 5.56 Å². The number of benzene rings is 2. The smallest absolute Gasteiger partial charge is 0.299 e. The van der Waals surface area contributed by atoms with Gasteiger partial charge in [0, 0.05) is 24.2 Å². The van der Waals surface area contributed by atoms with Gasteiger partial charge in [-0.2, -0.15) is 0 Å². The van der Waals surface area contributed by atoms with Gasteiger partial charge in [0.25, 0.3) is 6.01 Å². The van der Waals surface area contributed by atoms with E-state index in [-0.39, 0.29) is 12.5 Å². The molecule has 0 fully saturated rings. The Hall–Kier alpha value is -2.54. The van der Waals surface area contributed by atoms with Crippen LogP contribution in [-0.4, -0.2) is 29.4 Å². The summed E-state index contributed by atoms with van der Waals surface area (Å²) in [5.74, 6) is 0.439. The zero-order chi connectivity index (χ0) is 19.4. The van der Waals surface area contributed by atoms with Gasteiger partial charge in [-0.25, -0.2) is 4.98 Å². The molecule has 6 nitrogen and oxygen atoms in total. The van der Waals surface area contributed by atoms with Crippen molar-refractivity contribution in [2.24, 2.45) is 5.73 Å². The molecule has 0 bridgehead atoms.